The number of likely N-dealkylation sites (tertiary alicyclic amines) is 1. The molecule has 0 radical (unpaired) electrons. The van der Waals surface area contributed by atoms with Crippen molar-refractivity contribution in [1.82, 2.24) is 29.4 Å². The SMILES string of the molecule is CN1CCCC(CN2CCN(c3c4c(nc5ncnn35)CCCC4)CC2)C1. The number of aromatic nitrogens is 4. The van der Waals surface area contributed by atoms with Gasteiger partial charge in [0.1, 0.15) is 12.1 Å². The summed E-state index contributed by atoms with van der Waals surface area (Å²) in [6.07, 6.45) is 9.11. The molecule has 27 heavy (non-hydrogen) atoms. The first-order chi connectivity index (χ1) is 13.3. The molecule has 2 fully saturated rings. The van der Waals surface area contributed by atoms with Crippen LogP contribution in [0.4, 0.5) is 5.82 Å². The van der Waals surface area contributed by atoms with Gasteiger partial charge in [-0.15, -0.1) is 0 Å². The van der Waals surface area contributed by atoms with Gasteiger partial charge in [-0.25, -0.2) is 4.98 Å². The van der Waals surface area contributed by atoms with E-state index in [1.54, 1.807) is 6.33 Å². The van der Waals surface area contributed by atoms with E-state index in [9.17, 15) is 0 Å². The van der Waals surface area contributed by atoms with Crippen LogP contribution in [0.3, 0.4) is 0 Å². The Morgan fingerprint density at radius 1 is 1.04 bits per heavy atom. The van der Waals surface area contributed by atoms with E-state index in [0.29, 0.717) is 0 Å². The van der Waals surface area contributed by atoms with E-state index in [1.807, 2.05) is 4.52 Å². The molecule has 2 aromatic rings. The molecular weight excluding hydrogens is 338 g/mol. The molecule has 1 atom stereocenters. The van der Waals surface area contributed by atoms with E-state index >= 15 is 0 Å². The van der Waals surface area contributed by atoms with Gasteiger partial charge >= 0.3 is 0 Å². The lowest BCUT2D eigenvalue weighted by Gasteiger charge is -2.40. The smallest absolute Gasteiger partial charge is 0.254 e. The minimum atomic E-state index is 0.762. The van der Waals surface area contributed by atoms with Crippen molar-refractivity contribution in [2.45, 2.75) is 38.5 Å². The highest BCUT2D eigenvalue weighted by atomic mass is 15.4. The van der Waals surface area contributed by atoms with Crippen LogP contribution in [0.25, 0.3) is 5.78 Å². The average Bonchev–Trinajstić information content (AvgIpc) is 3.15. The normalized spacial score (nSPS) is 25.1. The first kappa shape index (κ1) is 17.4. The maximum absolute atomic E-state index is 4.78. The number of fused-ring (bicyclic) bond motifs is 2. The molecule has 7 heteroatoms. The van der Waals surface area contributed by atoms with Gasteiger partial charge in [0.15, 0.2) is 0 Å². The van der Waals surface area contributed by atoms with Crippen molar-refractivity contribution in [3.8, 4) is 0 Å². The molecule has 3 aliphatic rings. The van der Waals surface area contributed by atoms with E-state index in [-0.39, 0.29) is 0 Å². The first-order valence-electron chi connectivity index (χ1n) is 10.7. The molecule has 0 N–H and O–H groups in total. The number of piperazine rings is 1. The third-order valence-corrected chi connectivity index (χ3v) is 6.58. The van der Waals surface area contributed by atoms with Crippen molar-refractivity contribution in [2.75, 3.05) is 57.8 Å². The van der Waals surface area contributed by atoms with Crippen LogP contribution in [0.2, 0.25) is 0 Å². The third kappa shape index (κ3) is 3.43. The highest BCUT2D eigenvalue weighted by Gasteiger charge is 2.27. The molecule has 0 aromatic carbocycles. The van der Waals surface area contributed by atoms with Crippen LogP contribution in [-0.2, 0) is 12.8 Å². The van der Waals surface area contributed by atoms with Crippen LogP contribution in [0.5, 0.6) is 0 Å². The first-order valence-corrected chi connectivity index (χ1v) is 10.7. The van der Waals surface area contributed by atoms with Crippen molar-refractivity contribution in [3.63, 3.8) is 0 Å². The largest absolute Gasteiger partial charge is 0.354 e. The topological polar surface area (TPSA) is 52.8 Å². The summed E-state index contributed by atoms with van der Waals surface area (Å²) in [5.74, 6) is 2.87. The number of rotatable bonds is 3. The Morgan fingerprint density at radius 2 is 1.89 bits per heavy atom. The summed E-state index contributed by atoms with van der Waals surface area (Å²) in [6.45, 7) is 8.23. The lowest BCUT2D eigenvalue weighted by Crippen LogP contribution is -2.50. The minimum absolute atomic E-state index is 0.762. The predicted molar refractivity (Wildman–Crippen MR) is 106 cm³/mol. The van der Waals surface area contributed by atoms with Gasteiger partial charge in [0.25, 0.3) is 5.78 Å². The standard InChI is InChI=1S/C20H31N7/c1-24-8-4-5-16(13-24)14-25-9-11-26(12-10-25)19-17-6-2-3-7-18(17)23-20-21-15-22-27(19)20/h15-16H,2-14H2,1H3. The molecule has 0 saturated carbocycles. The zero-order valence-corrected chi connectivity index (χ0v) is 16.5. The number of hydrogen-bond acceptors (Lipinski definition) is 6. The summed E-state index contributed by atoms with van der Waals surface area (Å²) in [4.78, 5) is 16.9. The zero-order valence-electron chi connectivity index (χ0n) is 16.5. The van der Waals surface area contributed by atoms with Gasteiger partial charge in [-0.2, -0.15) is 14.6 Å². The molecule has 146 valence electrons. The summed E-state index contributed by atoms with van der Waals surface area (Å²) in [6, 6.07) is 0. The van der Waals surface area contributed by atoms with Crippen molar-refractivity contribution in [1.29, 1.82) is 0 Å². The molecule has 0 bridgehead atoms. The van der Waals surface area contributed by atoms with Crippen molar-refractivity contribution >= 4 is 11.6 Å². The third-order valence-electron chi connectivity index (χ3n) is 6.58. The molecule has 2 saturated heterocycles. The van der Waals surface area contributed by atoms with E-state index in [2.05, 4.69) is 31.8 Å². The maximum atomic E-state index is 4.78. The van der Waals surface area contributed by atoms with Crippen LogP contribution < -0.4 is 4.90 Å². The Balaban J connectivity index is 1.32. The van der Waals surface area contributed by atoms with Gasteiger partial charge in [-0.1, -0.05) is 0 Å². The Hall–Kier alpha value is -1.73. The number of nitrogens with zero attached hydrogens (tertiary/aromatic N) is 7. The van der Waals surface area contributed by atoms with Crippen LogP contribution >= 0.6 is 0 Å². The predicted octanol–water partition coefficient (Wildman–Crippen LogP) is 1.47. The Bertz CT molecular complexity index is 793. The second-order valence-electron chi connectivity index (χ2n) is 8.60. The van der Waals surface area contributed by atoms with Gasteiger partial charge in [0.2, 0.25) is 0 Å². The van der Waals surface area contributed by atoms with E-state index in [1.165, 1.54) is 62.4 Å². The molecule has 7 nitrogen and oxygen atoms in total. The summed E-state index contributed by atoms with van der Waals surface area (Å²) < 4.78 is 1.98. The molecule has 4 heterocycles. The molecule has 0 amide bonds. The summed E-state index contributed by atoms with van der Waals surface area (Å²) >= 11 is 0. The number of hydrogen-bond donors (Lipinski definition) is 0. The molecular formula is C20H31N7. The number of piperidine rings is 1. The highest BCUT2D eigenvalue weighted by Crippen LogP contribution is 2.30. The fourth-order valence-electron chi connectivity index (χ4n) is 5.22. The summed E-state index contributed by atoms with van der Waals surface area (Å²) in [7, 11) is 2.26. The average molecular weight is 370 g/mol. The lowest BCUT2D eigenvalue weighted by molar-refractivity contribution is 0.147. The second-order valence-corrected chi connectivity index (χ2v) is 8.60. The molecule has 5 rings (SSSR count). The van der Waals surface area contributed by atoms with Crippen molar-refractivity contribution < 1.29 is 0 Å². The molecule has 2 aliphatic heterocycles. The van der Waals surface area contributed by atoms with Crippen LogP contribution in [0.15, 0.2) is 6.33 Å². The Kier molecular flexibility index (Phi) is 4.73. The van der Waals surface area contributed by atoms with Gasteiger partial charge in [-0.3, -0.25) is 4.90 Å². The zero-order chi connectivity index (χ0) is 18.2. The minimum Gasteiger partial charge on any atom is -0.354 e. The van der Waals surface area contributed by atoms with Gasteiger partial charge in [-0.05, 0) is 58.0 Å². The lowest BCUT2D eigenvalue weighted by atomic mass is 9.95. The molecule has 1 unspecified atom stereocenters. The number of anilines is 1. The quantitative estimate of drug-likeness (QED) is 0.817. The highest BCUT2D eigenvalue weighted by molar-refractivity contribution is 5.55. The van der Waals surface area contributed by atoms with Crippen molar-refractivity contribution in [3.05, 3.63) is 17.6 Å². The molecule has 2 aromatic heterocycles. The van der Waals surface area contributed by atoms with Crippen molar-refractivity contribution in [2.24, 2.45) is 5.92 Å². The van der Waals surface area contributed by atoms with Gasteiger partial charge < -0.3 is 9.80 Å². The monoisotopic (exact) mass is 369 g/mol. The van der Waals surface area contributed by atoms with Crippen LogP contribution in [0.1, 0.15) is 36.9 Å². The summed E-state index contributed by atoms with van der Waals surface area (Å²) in [5, 5.41) is 4.51. The van der Waals surface area contributed by atoms with E-state index < -0.39 is 0 Å². The number of aryl methyl sites for hydroxylation is 1. The van der Waals surface area contributed by atoms with Gasteiger partial charge in [0.05, 0.1) is 5.69 Å². The molecule has 0 spiro atoms. The maximum Gasteiger partial charge on any atom is 0.254 e. The van der Waals surface area contributed by atoms with E-state index in [0.717, 1.165) is 50.7 Å². The fraction of sp³-hybridized carbons (Fsp3) is 0.750. The van der Waals surface area contributed by atoms with Crippen LogP contribution in [-0.4, -0.2) is 82.2 Å². The Labute approximate surface area is 161 Å². The van der Waals surface area contributed by atoms with E-state index in [4.69, 9.17) is 4.98 Å². The second kappa shape index (κ2) is 7.36. The molecule has 1 aliphatic carbocycles. The fourth-order valence-corrected chi connectivity index (χ4v) is 5.22. The van der Waals surface area contributed by atoms with Gasteiger partial charge in [0, 0.05) is 44.8 Å². The Morgan fingerprint density at radius 3 is 2.74 bits per heavy atom. The summed E-state index contributed by atoms with van der Waals surface area (Å²) in [5.41, 5.74) is 2.67. The van der Waals surface area contributed by atoms with Crippen LogP contribution in [0, 0.1) is 5.92 Å².